The SMILES string of the molecule is CCc1nc(-c2ccc(Cl)cc2Cl)cn1C(CC)C1CC1. The third-order valence-corrected chi connectivity index (χ3v) is 4.82. The molecule has 21 heavy (non-hydrogen) atoms. The Hall–Kier alpha value is -0.990. The third kappa shape index (κ3) is 2.97. The summed E-state index contributed by atoms with van der Waals surface area (Å²) in [7, 11) is 0. The van der Waals surface area contributed by atoms with Crippen LogP contribution >= 0.6 is 23.2 Å². The van der Waals surface area contributed by atoms with Crippen molar-refractivity contribution >= 4 is 23.2 Å². The fourth-order valence-electron chi connectivity index (χ4n) is 3.05. The molecule has 0 N–H and O–H groups in total. The summed E-state index contributed by atoms with van der Waals surface area (Å²) < 4.78 is 2.37. The van der Waals surface area contributed by atoms with Crippen LogP contribution in [0.3, 0.4) is 0 Å². The van der Waals surface area contributed by atoms with Gasteiger partial charge in [-0.05, 0) is 43.4 Å². The van der Waals surface area contributed by atoms with E-state index >= 15 is 0 Å². The average molecular weight is 323 g/mol. The maximum atomic E-state index is 6.32. The number of nitrogens with zero attached hydrogens (tertiary/aromatic N) is 2. The number of rotatable bonds is 5. The monoisotopic (exact) mass is 322 g/mol. The van der Waals surface area contributed by atoms with Gasteiger partial charge in [0.1, 0.15) is 5.82 Å². The summed E-state index contributed by atoms with van der Waals surface area (Å²) >= 11 is 12.3. The standard InChI is InChI=1S/C17H20Cl2N2/c1-3-16(11-5-6-11)21-10-15(20-17(21)4-2)13-8-7-12(18)9-14(13)19/h7-11,16H,3-6H2,1-2H3. The second-order valence-corrected chi connectivity index (χ2v) is 6.58. The highest BCUT2D eigenvalue weighted by Crippen LogP contribution is 2.43. The van der Waals surface area contributed by atoms with E-state index < -0.39 is 0 Å². The Morgan fingerprint density at radius 2 is 2.05 bits per heavy atom. The van der Waals surface area contributed by atoms with Crippen molar-refractivity contribution < 1.29 is 0 Å². The van der Waals surface area contributed by atoms with Crippen molar-refractivity contribution in [1.82, 2.24) is 9.55 Å². The van der Waals surface area contributed by atoms with E-state index in [1.54, 1.807) is 6.07 Å². The molecule has 0 radical (unpaired) electrons. The molecular weight excluding hydrogens is 303 g/mol. The van der Waals surface area contributed by atoms with Gasteiger partial charge in [-0.2, -0.15) is 0 Å². The lowest BCUT2D eigenvalue weighted by atomic mass is 10.1. The van der Waals surface area contributed by atoms with Crippen LogP contribution in [-0.2, 0) is 6.42 Å². The number of benzene rings is 1. The molecule has 0 spiro atoms. The van der Waals surface area contributed by atoms with E-state index in [4.69, 9.17) is 28.2 Å². The maximum Gasteiger partial charge on any atom is 0.109 e. The number of imidazole rings is 1. The molecule has 1 atom stereocenters. The molecule has 0 bridgehead atoms. The number of halogens is 2. The molecule has 0 saturated heterocycles. The van der Waals surface area contributed by atoms with E-state index in [0.717, 1.165) is 35.8 Å². The molecular formula is C17H20Cl2N2. The van der Waals surface area contributed by atoms with Crippen LogP contribution in [0.15, 0.2) is 24.4 Å². The Morgan fingerprint density at radius 1 is 1.29 bits per heavy atom. The first-order valence-electron chi connectivity index (χ1n) is 7.67. The van der Waals surface area contributed by atoms with Crippen molar-refractivity contribution in [3.8, 4) is 11.3 Å². The van der Waals surface area contributed by atoms with Gasteiger partial charge >= 0.3 is 0 Å². The van der Waals surface area contributed by atoms with Crippen molar-refractivity contribution in [2.45, 2.75) is 45.6 Å². The second kappa shape index (κ2) is 6.02. The predicted molar refractivity (Wildman–Crippen MR) is 89.1 cm³/mol. The first kappa shape index (κ1) is 14.9. The smallest absolute Gasteiger partial charge is 0.109 e. The summed E-state index contributed by atoms with van der Waals surface area (Å²) in [4.78, 5) is 4.80. The van der Waals surface area contributed by atoms with Gasteiger partial charge in [0, 0.05) is 29.2 Å². The van der Waals surface area contributed by atoms with E-state index in [2.05, 4.69) is 24.6 Å². The van der Waals surface area contributed by atoms with Gasteiger partial charge < -0.3 is 4.57 Å². The zero-order chi connectivity index (χ0) is 15.0. The molecule has 1 fully saturated rings. The molecule has 0 amide bonds. The van der Waals surface area contributed by atoms with Crippen LogP contribution in [-0.4, -0.2) is 9.55 Å². The summed E-state index contributed by atoms with van der Waals surface area (Å²) in [5, 5.41) is 1.32. The molecule has 1 aliphatic carbocycles. The Labute approximate surface area is 136 Å². The fourth-order valence-corrected chi connectivity index (χ4v) is 3.55. The van der Waals surface area contributed by atoms with Crippen LogP contribution in [0.5, 0.6) is 0 Å². The number of hydrogen-bond donors (Lipinski definition) is 0. The molecule has 1 saturated carbocycles. The van der Waals surface area contributed by atoms with Crippen LogP contribution in [0.25, 0.3) is 11.3 Å². The number of aryl methyl sites for hydroxylation is 1. The van der Waals surface area contributed by atoms with Gasteiger partial charge in [-0.1, -0.05) is 37.0 Å². The Morgan fingerprint density at radius 3 is 2.62 bits per heavy atom. The summed E-state index contributed by atoms with van der Waals surface area (Å²) in [6, 6.07) is 6.18. The second-order valence-electron chi connectivity index (χ2n) is 5.74. The highest BCUT2D eigenvalue weighted by molar-refractivity contribution is 6.36. The highest BCUT2D eigenvalue weighted by atomic mass is 35.5. The van der Waals surface area contributed by atoms with E-state index in [-0.39, 0.29) is 0 Å². The third-order valence-electron chi connectivity index (χ3n) is 4.27. The van der Waals surface area contributed by atoms with Crippen molar-refractivity contribution in [1.29, 1.82) is 0 Å². The van der Waals surface area contributed by atoms with Gasteiger partial charge in [0.25, 0.3) is 0 Å². The van der Waals surface area contributed by atoms with E-state index in [0.29, 0.717) is 16.1 Å². The molecule has 1 aromatic carbocycles. The zero-order valence-corrected chi connectivity index (χ0v) is 14.0. The van der Waals surface area contributed by atoms with Gasteiger partial charge in [-0.15, -0.1) is 0 Å². The molecule has 2 nitrogen and oxygen atoms in total. The van der Waals surface area contributed by atoms with Crippen LogP contribution in [0.2, 0.25) is 10.0 Å². The largest absolute Gasteiger partial charge is 0.331 e. The van der Waals surface area contributed by atoms with E-state index in [1.165, 1.54) is 12.8 Å². The summed E-state index contributed by atoms with van der Waals surface area (Å²) in [6.45, 7) is 4.42. The van der Waals surface area contributed by atoms with Crippen molar-refractivity contribution in [2.75, 3.05) is 0 Å². The van der Waals surface area contributed by atoms with Crippen LogP contribution in [0, 0.1) is 5.92 Å². The molecule has 3 rings (SSSR count). The van der Waals surface area contributed by atoms with Gasteiger partial charge in [0.15, 0.2) is 0 Å². The molecule has 1 unspecified atom stereocenters. The first-order valence-corrected chi connectivity index (χ1v) is 8.42. The van der Waals surface area contributed by atoms with Crippen molar-refractivity contribution in [3.05, 3.63) is 40.3 Å². The normalized spacial score (nSPS) is 16.2. The van der Waals surface area contributed by atoms with Gasteiger partial charge in [0.2, 0.25) is 0 Å². The molecule has 4 heteroatoms. The van der Waals surface area contributed by atoms with E-state index in [1.807, 2.05) is 12.1 Å². The molecule has 1 aromatic heterocycles. The highest BCUT2D eigenvalue weighted by Gasteiger charge is 2.32. The minimum absolute atomic E-state index is 0.576. The Bertz CT molecular complexity index is 644. The number of hydrogen-bond acceptors (Lipinski definition) is 1. The molecule has 1 heterocycles. The molecule has 112 valence electrons. The van der Waals surface area contributed by atoms with Gasteiger partial charge in [-0.25, -0.2) is 4.98 Å². The Balaban J connectivity index is 2.02. The van der Waals surface area contributed by atoms with E-state index in [9.17, 15) is 0 Å². The number of aromatic nitrogens is 2. The minimum Gasteiger partial charge on any atom is -0.331 e. The van der Waals surface area contributed by atoms with Crippen LogP contribution in [0.1, 0.15) is 45.0 Å². The lowest BCUT2D eigenvalue weighted by Crippen LogP contribution is -2.12. The lowest BCUT2D eigenvalue weighted by Gasteiger charge is -2.18. The predicted octanol–water partition coefficient (Wildman–Crippen LogP) is 5.78. The van der Waals surface area contributed by atoms with Crippen LogP contribution in [0.4, 0.5) is 0 Å². The fraction of sp³-hybridized carbons (Fsp3) is 0.471. The maximum absolute atomic E-state index is 6.32. The van der Waals surface area contributed by atoms with Gasteiger partial charge in [0.05, 0.1) is 10.7 Å². The summed E-state index contributed by atoms with van der Waals surface area (Å²) in [5.74, 6) is 1.97. The topological polar surface area (TPSA) is 17.8 Å². The summed E-state index contributed by atoms with van der Waals surface area (Å²) in [6.07, 6.45) is 6.95. The first-order chi connectivity index (χ1) is 10.1. The van der Waals surface area contributed by atoms with Crippen molar-refractivity contribution in [3.63, 3.8) is 0 Å². The minimum atomic E-state index is 0.576. The molecule has 1 aliphatic rings. The average Bonchev–Trinajstić information content (AvgIpc) is 3.20. The van der Waals surface area contributed by atoms with Crippen molar-refractivity contribution in [2.24, 2.45) is 5.92 Å². The molecule has 2 aromatic rings. The van der Waals surface area contributed by atoms with Crippen LogP contribution < -0.4 is 0 Å². The quantitative estimate of drug-likeness (QED) is 0.682. The van der Waals surface area contributed by atoms with Gasteiger partial charge in [-0.3, -0.25) is 0 Å². The Kier molecular flexibility index (Phi) is 4.28. The lowest BCUT2D eigenvalue weighted by molar-refractivity contribution is 0.419. The summed E-state index contributed by atoms with van der Waals surface area (Å²) in [5.41, 5.74) is 1.91. The molecule has 0 aliphatic heterocycles. The zero-order valence-electron chi connectivity index (χ0n) is 12.4.